The van der Waals surface area contributed by atoms with Crippen LogP contribution in [-0.4, -0.2) is 45.5 Å². The number of anilines is 1. The summed E-state index contributed by atoms with van der Waals surface area (Å²) in [5.41, 5.74) is 5.45. The number of amides is 1. The number of rotatable bonds is 8. The van der Waals surface area contributed by atoms with Crippen LogP contribution in [-0.2, 0) is 0 Å². The summed E-state index contributed by atoms with van der Waals surface area (Å²) >= 11 is 0. The van der Waals surface area contributed by atoms with Gasteiger partial charge in [-0.25, -0.2) is 9.78 Å². The van der Waals surface area contributed by atoms with Gasteiger partial charge in [0.05, 0.1) is 17.2 Å². The molecule has 0 aliphatic carbocycles. The first-order chi connectivity index (χ1) is 12.7. The zero-order chi connectivity index (χ0) is 20.0. The molecule has 0 radical (unpaired) electrons. The number of ether oxygens (including phenoxy) is 2. The van der Waals surface area contributed by atoms with Crippen LogP contribution >= 0.6 is 0 Å². The van der Waals surface area contributed by atoms with E-state index in [1.807, 2.05) is 0 Å². The average molecular weight is 373 g/mol. The third-order valence-electron chi connectivity index (χ3n) is 3.02. The van der Waals surface area contributed by atoms with Crippen molar-refractivity contribution in [2.24, 2.45) is 5.73 Å². The number of pyridine rings is 2. The number of hydrogen-bond acceptors (Lipinski definition) is 7. The van der Waals surface area contributed by atoms with Crippen LogP contribution < -0.4 is 20.5 Å². The fraction of sp³-hybridized carbons (Fsp3) is 0.235. The van der Waals surface area contributed by atoms with Crippen LogP contribution in [0.5, 0.6) is 11.8 Å². The molecule has 142 valence electrons. The highest BCUT2D eigenvalue weighted by Gasteiger charge is 2.14. The van der Waals surface area contributed by atoms with Crippen molar-refractivity contribution in [1.82, 2.24) is 9.97 Å². The van der Waals surface area contributed by atoms with E-state index in [0.717, 1.165) is 6.20 Å². The molecule has 2 aromatic heterocycles. The lowest BCUT2D eigenvalue weighted by atomic mass is 10.2. The highest BCUT2D eigenvalue weighted by molar-refractivity contribution is 6.04. The Balaban J connectivity index is 2.22. The number of aromatic nitrogens is 2. The number of carboxylic acids is 1. The average Bonchev–Trinajstić information content (AvgIpc) is 2.59. The van der Waals surface area contributed by atoms with Gasteiger partial charge in [0.25, 0.3) is 5.91 Å². The SMILES string of the molecule is CC(C)Oc1cc(C(=O)Nc2ccc(C(=O)O)cn2)cc(OCC(=N)N)n1. The molecule has 10 heteroatoms. The van der Waals surface area contributed by atoms with Gasteiger partial charge in [0.15, 0.2) is 0 Å². The van der Waals surface area contributed by atoms with Crippen LogP contribution in [0.2, 0.25) is 0 Å². The van der Waals surface area contributed by atoms with Crippen LogP contribution in [0.25, 0.3) is 0 Å². The summed E-state index contributed by atoms with van der Waals surface area (Å²) in [4.78, 5) is 31.3. The first-order valence-corrected chi connectivity index (χ1v) is 7.89. The van der Waals surface area contributed by atoms with Crippen molar-refractivity contribution in [2.45, 2.75) is 20.0 Å². The Bertz CT molecular complexity index is 851. The van der Waals surface area contributed by atoms with Crippen LogP contribution in [0, 0.1) is 5.41 Å². The number of hydrogen-bond donors (Lipinski definition) is 4. The summed E-state index contributed by atoms with van der Waals surface area (Å²) in [6.07, 6.45) is 0.959. The van der Waals surface area contributed by atoms with Gasteiger partial charge in [-0.1, -0.05) is 0 Å². The molecular formula is C17H19N5O5. The number of nitrogens with two attached hydrogens (primary N) is 1. The molecule has 2 rings (SSSR count). The number of amidine groups is 1. The maximum Gasteiger partial charge on any atom is 0.337 e. The lowest BCUT2D eigenvalue weighted by Gasteiger charge is -2.13. The van der Waals surface area contributed by atoms with E-state index in [-0.39, 0.29) is 47.3 Å². The monoisotopic (exact) mass is 373 g/mol. The highest BCUT2D eigenvalue weighted by atomic mass is 16.5. The van der Waals surface area contributed by atoms with Crippen molar-refractivity contribution in [3.05, 3.63) is 41.6 Å². The topological polar surface area (TPSA) is 161 Å². The smallest absolute Gasteiger partial charge is 0.337 e. The Hall–Kier alpha value is -3.69. The molecule has 0 fully saturated rings. The second-order valence-electron chi connectivity index (χ2n) is 5.70. The summed E-state index contributed by atoms with van der Waals surface area (Å²) in [7, 11) is 0. The molecule has 1 amide bonds. The first kappa shape index (κ1) is 19.6. The van der Waals surface area contributed by atoms with Gasteiger partial charge in [-0.2, -0.15) is 4.98 Å². The predicted octanol–water partition coefficient (Wildman–Crippen LogP) is 1.53. The van der Waals surface area contributed by atoms with E-state index in [4.69, 9.17) is 25.7 Å². The molecule has 2 heterocycles. The summed E-state index contributed by atoms with van der Waals surface area (Å²) in [6, 6.07) is 5.51. The number of carboxylic acid groups (broad SMARTS) is 1. The van der Waals surface area contributed by atoms with E-state index >= 15 is 0 Å². The van der Waals surface area contributed by atoms with Crippen molar-refractivity contribution < 1.29 is 24.2 Å². The van der Waals surface area contributed by atoms with Gasteiger partial charge in [0, 0.05) is 18.3 Å². The Kier molecular flexibility index (Phi) is 6.26. The van der Waals surface area contributed by atoms with Gasteiger partial charge in [0.1, 0.15) is 18.3 Å². The van der Waals surface area contributed by atoms with E-state index < -0.39 is 11.9 Å². The van der Waals surface area contributed by atoms with Crippen molar-refractivity contribution in [1.29, 1.82) is 5.41 Å². The normalized spacial score (nSPS) is 10.3. The summed E-state index contributed by atoms with van der Waals surface area (Å²) in [5, 5.41) is 18.6. The largest absolute Gasteiger partial charge is 0.478 e. The van der Waals surface area contributed by atoms with E-state index in [1.165, 1.54) is 24.3 Å². The van der Waals surface area contributed by atoms with Gasteiger partial charge in [0.2, 0.25) is 11.8 Å². The Morgan fingerprint density at radius 1 is 1.26 bits per heavy atom. The highest BCUT2D eigenvalue weighted by Crippen LogP contribution is 2.20. The predicted molar refractivity (Wildman–Crippen MR) is 96.6 cm³/mol. The van der Waals surface area contributed by atoms with Crippen molar-refractivity contribution in [3.63, 3.8) is 0 Å². The molecule has 0 spiro atoms. The molecule has 0 unspecified atom stereocenters. The zero-order valence-corrected chi connectivity index (χ0v) is 14.7. The lowest BCUT2D eigenvalue weighted by molar-refractivity contribution is 0.0696. The number of aromatic carboxylic acids is 1. The molecule has 0 saturated carbocycles. The van der Waals surface area contributed by atoms with Gasteiger partial charge in [-0.15, -0.1) is 0 Å². The first-order valence-electron chi connectivity index (χ1n) is 7.89. The van der Waals surface area contributed by atoms with Gasteiger partial charge in [-0.3, -0.25) is 10.2 Å². The van der Waals surface area contributed by atoms with E-state index in [2.05, 4.69) is 15.3 Å². The van der Waals surface area contributed by atoms with Gasteiger partial charge < -0.3 is 25.6 Å². The second kappa shape index (κ2) is 8.61. The molecule has 10 nitrogen and oxygen atoms in total. The van der Waals surface area contributed by atoms with Crippen molar-refractivity contribution in [2.75, 3.05) is 11.9 Å². The molecule has 0 bridgehead atoms. The molecular weight excluding hydrogens is 354 g/mol. The fourth-order valence-corrected chi connectivity index (χ4v) is 1.92. The standard InChI is InChI=1S/C17H19N5O5/c1-9(2)27-15-6-11(5-14(22-15)26-8-12(18)19)16(23)21-13-4-3-10(7-20-13)17(24)25/h3-7,9H,8H2,1-2H3,(H3,18,19)(H,24,25)(H,20,21,23). The summed E-state index contributed by atoms with van der Waals surface area (Å²) in [5.74, 6) is -1.40. The van der Waals surface area contributed by atoms with Crippen LogP contribution in [0.1, 0.15) is 34.6 Å². The molecule has 0 aliphatic heterocycles. The van der Waals surface area contributed by atoms with Crippen molar-refractivity contribution >= 4 is 23.5 Å². The fourth-order valence-electron chi connectivity index (χ4n) is 1.92. The third kappa shape index (κ3) is 5.96. The minimum atomic E-state index is -1.11. The molecule has 0 saturated heterocycles. The third-order valence-corrected chi connectivity index (χ3v) is 3.02. The Morgan fingerprint density at radius 3 is 2.52 bits per heavy atom. The minimum absolute atomic E-state index is 0.00412. The minimum Gasteiger partial charge on any atom is -0.478 e. The van der Waals surface area contributed by atoms with Crippen LogP contribution in [0.4, 0.5) is 5.82 Å². The maximum atomic E-state index is 12.5. The Labute approximate surface area is 154 Å². The van der Waals surface area contributed by atoms with Crippen LogP contribution in [0.3, 0.4) is 0 Å². The quantitative estimate of drug-likeness (QED) is 0.400. The van der Waals surface area contributed by atoms with Crippen molar-refractivity contribution in [3.8, 4) is 11.8 Å². The van der Waals surface area contributed by atoms with Gasteiger partial charge in [-0.05, 0) is 26.0 Å². The second-order valence-corrected chi connectivity index (χ2v) is 5.70. The van der Waals surface area contributed by atoms with E-state index in [1.54, 1.807) is 13.8 Å². The summed E-state index contributed by atoms with van der Waals surface area (Å²) < 4.78 is 10.8. The number of nitrogens with one attached hydrogen (secondary N) is 2. The molecule has 0 atom stereocenters. The van der Waals surface area contributed by atoms with Crippen LogP contribution in [0.15, 0.2) is 30.5 Å². The molecule has 5 N–H and O–H groups in total. The van der Waals surface area contributed by atoms with E-state index in [9.17, 15) is 9.59 Å². The van der Waals surface area contributed by atoms with E-state index in [0.29, 0.717) is 0 Å². The Morgan fingerprint density at radius 2 is 1.96 bits per heavy atom. The maximum absolute atomic E-state index is 12.5. The molecule has 2 aromatic rings. The zero-order valence-electron chi connectivity index (χ0n) is 14.7. The number of carbonyl (C=O) groups is 2. The molecule has 0 aromatic carbocycles. The molecule has 0 aliphatic rings. The molecule has 27 heavy (non-hydrogen) atoms. The lowest BCUT2D eigenvalue weighted by Crippen LogP contribution is -2.20. The number of nitrogens with zero attached hydrogens (tertiary/aromatic N) is 2. The number of carbonyl (C=O) groups excluding carboxylic acids is 1. The summed E-state index contributed by atoms with van der Waals surface area (Å²) in [6.45, 7) is 3.42. The van der Waals surface area contributed by atoms with Gasteiger partial charge >= 0.3 is 5.97 Å².